The molecule has 3 aromatic rings. The van der Waals surface area contributed by atoms with Gasteiger partial charge in [0, 0.05) is 13.1 Å². The number of likely N-dealkylation sites (tertiary alicyclic amines) is 1. The van der Waals surface area contributed by atoms with Gasteiger partial charge in [-0.15, -0.1) is 0 Å². The van der Waals surface area contributed by atoms with Crippen LogP contribution in [0.2, 0.25) is 0 Å². The zero-order valence-electron chi connectivity index (χ0n) is 15.1. The highest BCUT2D eigenvalue weighted by atomic mass is 16.3. The fourth-order valence-corrected chi connectivity index (χ4v) is 4.08. The van der Waals surface area contributed by atoms with E-state index in [9.17, 15) is 9.90 Å². The number of aliphatic hydroxyl groups is 1. The standard InChI is InChI=1S/C23H23NO3/c25-22(21-12-7-17-27-21)24-15-13-20(14-16-24)23(26,18-8-3-1-4-9-18)19-10-5-2-6-11-19/h1-12,17,20,26H,13-16H2. The molecule has 2 aromatic carbocycles. The van der Waals surface area contributed by atoms with Crippen molar-refractivity contribution in [3.8, 4) is 0 Å². The number of piperidine rings is 1. The largest absolute Gasteiger partial charge is 0.459 e. The zero-order chi connectivity index (χ0) is 18.7. The number of carbonyl (C=O) groups excluding carboxylic acids is 1. The van der Waals surface area contributed by atoms with Crippen molar-refractivity contribution in [2.45, 2.75) is 18.4 Å². The Morgan fingerprint density at radius 3 is 1.93 bits per heavy atom. The van der Waals surface area contributed by atoms with Gasteiger partial charge in [0.15, 0.2) is 5.76 Å². The van der Waals surface area contributed by atoms with Crippen molar-refractivity contribution < 1.29 is 14.3 Å². The van der Waals surface area contributed by atoms with Crippen molar-refractivity contribution in [1.82, 2.24) is 4.90 Å². The molecule has 4 heteroatoms. The van der Waals surface area contributed by atoms with Crippen molar-refractivity contribution >= 4 is 5.91 Å². The fraction of sp³-hybridized carbons (Fsp3) is 0.261. The summed E-state index contributed by atoms with van der Waals surface area (Å²) in [6.45, 7) is 1.21. The number of benzene rings is 2. The van der Waals surface area contributed by atoms with Crippen LogP contribution in [0.1, 0.15) is 34.5 Å². The van der Waals surface area contributed by atoms with Crippen molar-refractivity contribution in [1.29, 1.82) is 0 Å². The lowest BCUT2D eigenvalue weighted by atomic mass is 9.72. The minimum atomic E-state index is -1.07. The van der Waals surface area contributed by atoms with E-state index >= 15 is 0 Å². The van der Waals surface area contributed by atoms with Gasteiger partial charge in [-0.1, -0.05) is 60.7 Å². The molecule has 4 rings (SSSR count). The summed E-state index contributed by atoms with van der Waals surface area (Å²) in [6, 6.07) is 23.1. The van der Waals surface area contributed by atoms with Crippen LogP contribution in [0.5, 0.6) is 0 Å². The minimum absolute atomic E-state index is 0.0305. The molecule has 138 valence electrons. The van der Waals surface area contributed by atoms with Gasteiger partial charge in [-0.05, 0) is 42.0 Å². The lowest BCUT2D eigenvalue weighted by Gasteiger charge is -2.42. The number of hydrogen-bond donors (Lipinski definition) is 1. The van der Waals surface area contributed by atoms with Crippen LogP contribution in [-0.4, -0.2) is 29.0 Å². The third kappa shape index (κ3) is 3.28. The van der Waals surface area contributed by atoms with Crippen molar-refractivity contribution in [3.05, 3.63) is 95.9 Å². The molecule has 1 aliphatic heterocycles. The second kappa shape index (κ2) is 7.41. The third-order valence-electron chi connectivity index (χ3n) is 5.53. The summed E-state index contributed by atoms with van der Waals surface area (Å²) >= 11 is 0. The van der Waals surface area contributed by atoms with Crippen LogP contribution < -0.4 is 0 Å². The number of furan rings is 1. The van der Waals surface area contributed by atoms with Crippen molar-refractivity contribution in [3.63, 3.8) is 0 Å². The Kier molecular flexibility index (Phi) is 4.82. The molecule has 1 N–H and O–H groups in total. The van der Waals surface area contributed by atoms with E-state index in [1.165, 1.54) is 6.26 Å². The van der Waals surface area contributed by atoms with Gasteiger partial charge < -0.3 is 14.4 Å². The molecule has 0 unspecified atom stereocenters. The maximum atomic E-state index is 12.5. The first kappa shape index (κ1) is 17.6. The molecule has 1 aliphatic rings. The second-order valence-electron chi connectivity index (χ2n) is 7.04. The number of carbonyl (C=O) groups is 1. The molecule has 27 heavy (non-hydrogen) atoms. The highest BCUT2D eigenvalue weighted by Crippen LogP contribution is 2.42. The van der Waals surface area contributed by atoms with Crippen molar-refractivity contribution in [2.24, 2.45) is 5.92 Å². The van der Waals surface area contributed by atoms with Gasteiger partial charge in [-0.25, -0.2) is 0 Å². The molecule has 0 radical (unpaired) electrons. The van der Waals surface area contributed by atoms with Crippen LogP contribution in [-0.2, 0) is 5.60 Å². The first-order chi connectivity index (χ1) is 13.2. The molecule has 1 amide bonds. The molecular formula is C23H23NO3. The molecule has 0 saturated carbocycles. The van der Waals surface area contributed by atoms with Crippen LogP contribution in [0, 0.1) is 5.92 Å². The Bertz CT molecular complexity index is 827. The molecule has 1 aromatic heterocycles. The van der Waals surface area contributed by atoms with Gasteiger partial charge in [-0.2, -0.15) is 0 Å². The molecule has 2 heterocycles. The minimum Gasteiger partial charge on any atom is -0.459 e. The predicted molar refractivity (Wildman–Crippen MR) is 103 cm³/mol. The quantitative estimate of drug-likeness (QED) is 0.762. The molecular weight excluding hydrogens is 338 g/mol. The Morgan fingerprint density at radius 1 is 0.889 bits per heavy atom. The maximum absolute atomic E-state index is 12.5. The van der Waals surface area contributed by atoms with E-state index in [-0.39, 0.29) is 11.8 Å². The normalized spacial score (nSPS) is 15.7. The summed E-state index contributed by atoms with van der Waals surface area (Å²) in [5.41, 5.74) is 0.724. The molecule has 0 bridgehead atoms. The van der Waals surface area contributed by atoms with Gasteiger partial charge >= 0.3 is 0 Å². The van der Waals surface area contributed by atoms with Crippen molar-refractivity contribution in [2.75, 3.05) is 13.1 Å². The van der Waals surface area contributed by atoms with E-state index in [2.05, 4.69) is 0 Å². The highest BCUT2D eigenvalue weighted by Gasteiger charge is 2.42. The molecule has 4 nitrogen and oxygen atoms in total. The van der Waals surface area contributed by atoms with Crippen LogP contribution in [0.25, 0.3) is 0 Å². The molecule has 0 spiro atoms. The summed E-state index contributed by atoms with van der Waals surface area (Å²) in [7, 11) is 0. The number of rotatable bonds is 4. The lowest BCUT2D eigenvalue weighted by Crippen LogP contribution is -2.46. The van der Waals surface area contributed by atoms with Crippen LogP contribution in [0.3, 0.4) is 0 Å². The van der Waals surface area contributed by atoms with Crippen LogP contribution >= 0.6 is 0 Å². The summed E-state index contributed by atoms with van der Waals surface area (Å²) in [5, 5.41) is 11.9. The molecule has 1 saturated heterocycles. The first-order valence-electron chi connectivity index (χ1n) is 9.36. The van der Waals surface area contributed by atoms with Crippen LogP contribution in [0.4, 0.5) is 0 Å². The van der Waals surface area contributed by atoms with Gasteiger partial charge in [0.1, 0.15) is 5.60 Å². The van der Waals surface area contributed by atoms with Crippen LogP contribution in [0.15, 0.2) is 83.5 Å². The highest BCUT2D eigenvalue weighted by molar-refractivity contribution is 5.91. The molecule has 0 atom stereocenters. The average Bonchev–Trinajstić information content (AvgIpc) is 3.29. The smallest absolute Gasteiger partial charge is 0.289 e. The number of nitrogens with zero attached hydrogens (tertiary/aromatic N) is 1. The molecule has 1 fully saturated rings. The topological polar surface area (TPSA) is 53.7 Å². The Balaban J connectivity index is 1.59. The Hall–Kier alpha value is -2.85. The van der Waals surface area contributed by atoms with E-state index < -0.39 is 5.60 Å². The summed E-state index contributed by atoms with van der Waals surface area (Å²) in [6.07, 6.45) is 2.98. The van der Waals surface area contributed by atoms with Gasteiger partial charge in [-0.3, -0.25) is 4.79 Å². The fourth-order valence-electron chi connectivity index (χ4n) is 4.08. The van der Waals surface area contributed by atoms with Gasteiger partial charge in [0.2, 0.25) is 0 Å². The SMILES string of the molecule is O=C(c1ccco1)N1CCC(C(O)(c2ccccc2)c2ccccc2)CC1. The van der Waals surface area contributed by atoms with E-state index in [1.54, 1.807) is 12.1 Å². The maximum Gasteiger partial charge on any atom is 0.289 e. The van der Waals surface area contributed by atoms with Gasteiger partial charge in [0.25, 0.3) is 5.91 Å². The van der Waals surface area contributed by atoms with E-state index in [0.717, 1.165) is 24.0 Å². The second-order valence-corrected chi connectivity index (χ2v) is 7.04. The Morgan fingerprint density at radius 2 is 1.44 bits per heavy atom. The summed E-state index contributed by atoms with van der Waals surface area (Å²) in [5.74, 6) is 0.319. The monoisotopic (exact) mass is 361 g/mol. The average molecular weight is 361 g/mol. The first-order valence-corrected chi connectivity index (χ1v) is 9.36. The van der Waals surface area contributed by atoms with E-state index in [0.29, 0.717) is 18.8 Å². The third-order valence-corrected chi connectivity index (χ3v) is 5.53. The lowest BCUT2D eigenvalue weighted by molar-refractivity contribution is -0.0126. The van der Waals surface area contributed by atoms with E-state index in [4.69, 9.17) is 4.42 Å². The zero-order valence-corrected chi connectivity index (χ0v) is 15.1. The van der Waals surface area contributed by atoms with Gasteiger partial charge in [0.05, 0.1) is 6.26 Å². The van der Waals surface area contributed by atoms with E-state index in [1.807, 2.05) is 65.6 Å². The summed E-state index contributed by atoms with van der Waals surface area (Å²) < 4.78 is 5.24. The predicted octanol–water partition coefficient (Wildman–Crippen LogP) is 4.07. The molecule has 0 aliphatic carbocycles. The number of amides is 1. The Labute approximate surface area is 159 Å². The number of hydrogen-bond acceptors (Lipinski definition) is 3. The summed E-state index contributed by atoms with van der Waals surface area (Å²) in [4.78, 5) is 14.3.